The Bertz CT molecular complexity index is 1230. The summed E-state index contributed by atoms with van der Waals surface area (Å²) in [7, 11) is -3.75. The summed E-state index contributed by atoms with van der Waals surface area (Å²) in [6.45, 7) is 12.8. The van der Waals surface area contributed by atoms with Crippen molar-refractivity contribution in [1.82, 2.24) is 9.62 Å². The summed E-state index contributed by atoms with van der Waals surface area (Å²) in [6, 6.07) is 8.35. The van der Waals surface area contributed by atoms with Crippen molar-refractivity contribution in [1.29, 1.82) is 0 Å². The van der Waals surface area contributed by atoms with Crippen LogP contribution in [0.2, 0.25) is 0 Å². The van der Waals surface area contributed by atoms with Gasteiger partial charge < -0.3 is 10.1 Å². The SMILES string of the molecule is CCN(CC)S(=O)(=O)c1cccc(C(=O)N[C@H](C(=O)OCC(=O)c2cc(C)c(C)cc2C)C(C)C)c1. The van der Waals surface area contributed by atoms with Gasteiger partial charge in [-0.05, 0) is 67.6 Å². The molecular weight excluding hydrogens is 480 g/mol. The van der Waals surface area contributed by atoms with Crippen LogP contribution < -0.4 is 5.32 Å². The number of carbonyl (C=O) groups excluding carboxylic acids is 3. The number of esters is 1. The Morgan fingerprint density at radius 2 is 1.56 bits per heavy atom. The van der Waals surface area contributed by atoms with Crippen molar-refractivity contribution in [2.24, 2.45) is 5.92 Å². The number of sulfonamides is 1. The second-order valence-electron chi connectivity index (χ2n) is 9.09. The Balaban J connectivity index is 2.15. The van der Waals surface area contributed by atoms with Gasteiger partial charge in [-0.1, -0.05) is 39.8 Å². The first kappa shape index (κ1) is 29.2. The van der Waals surface area contributed by atoms with E-state index in [1.165, 1.54) is 28.6 Å². The van der Waals surface area contributed by atoms with Crippen LogP contribution in [0, 0.1) is 26.7 Å². The van der Waals surface area contributed by atoms with E-state index < -0.39 is 34.5 Å². The van der Waals surface area contributed by atoms with Gasteiger partial charge in [-0.15, -0.1) is 0 Å². The summed E-state index contributed by atoms with van der Waals surface area (Å²) >= 11 is 0. The van der Waals surface area contributed by atoms with Gasteiger partial charge in [0.25, 0.3) is 5.91 Å². The molecule has 1 N–H and O–H groups in total. The molecule has 2 rings (SSSR count). The lowest BCUT2D eigenvalue weighted by molar-refractivity contribution is -0.145. The molecule has 196 valence electrons. The first-order chi connectivity index (χ1) is 16.8. The number of ether oxygens (including phenoxy) is 1. The first-order valence-electron chi connectivity index (χ1n) is 12.0. The molecule has 0 aromatic heterocycles. The molecule has 0 spiro atoms. The second-order valence-corrected chi connectivity index (χ2v) is 11.0. The van der Waals surface area contributed by atoms with E-state index >= 15 is 0 Å². The number of rotatable bonds is 11. The standard InChI is InChI=1S/C27H36N2O6S/c1-8-29(9-2)36(33,34)22-12-10-11-21(15-22)26(31)28-25(17(3)4)27(32)35-16-24(30)23-14-19(6)18(5)13-20(23)7/h10-15,17,25H,8-9,16H2,1-7H3,(H,28,31)/t25-/m0/s1. The number of nitrogens with one attached hydrogen (secondary N) is 1. The molecule has 0 aliphatic carbocycles. The summed E-state index contributed by atoms with van der Waals surface area (Å²) in [5, 5.41) is 2.63. The third-order valence-corrected chi connectivity index (χ3v) is 8.18. The molecule has 2 aromatic carbocycles. The molecule has 36 heavy (non-hydrogen) atoms. The van der Waals surface area contributed by atoms with E-state index in [9.17, 15) is 22.8 Å². The molecule has 0 saturated carbocycles. The number of hydrogen-bond acceptors (Lipinski definition) is 6. The van der Waals surface area contributed by atoms with Gasteiger partial charge in [-0.25, -0.2) is 13.2 Å². The van der Waals surface area contributed by atoms with E-state index in [0.717, 1.165) is 16.7 Å². The molecule has 2 aromatic rings. The summed E-state index contributed by atoms with van der Waals surface area (Å²) in [4.78, 5) is 38.4. The van der Waals surface area contributed by atoms with Gasteiger partial charge in [0, 0.05) is 24.2 Å². The van der Waals surface area contributed by atoms with E-state index in [2.05, 4.69) is 5.32 Å². The highest BCUT2D eigenvalue weighted by molar-refractivity contribution is 7.89. The molecule has 0 heterocycles. The summed E-state index contributed by atoms with van der Waals surface area (Å²) < 4.78 is 32.2. The number of carbonyl (C=O) groups is 3. The fraction of sp³-hybridized carbons (Fsp3) is 0.444. The summed E-state index contributed by atoms with van der Waals surface area (Å²) in [5.41, 5.74) is 3.42. The number of nitrogens with zero attached hydrogens (tertiary/aromatic N) is 1. The zero-order chi connectivity index (χ0) is 27.2. The van der Waals surface area contributed by atoms with Gasteiger partial charge >= 0.3 is 5.97 Å². The highest BCUT2D eigenvalue weighted by Gasteiger charge is 2.28. The molecule has 1 amide bonds. The number of amides is 1. The molecule has 9 heteroatoms. The fourth-order valence-corrected chi connectivity index (χ4v) is 5.30. The monoisotopic (exact) mass is 516 g/mol. The van der Waals surface area contributed by atoms with Crippen LogP contribution in [0.1, 0.15) is 65.1 Å². The number of Topliss-reactive ketones (excluding diaryl/α,β-unsaturated/α-hetero) is 1. The van der Waals surface area contributed by atoms with E-state index in [0.29, 0.717) is 18.7 Å². The van der Waals surface area contributed by atoms with Gasteiger partial charge in [-0.3, -0.25) is 9.59 Å². The van der Waals surface area contributed by atoms with Crippen LogP contribution in [0.15, 0.2) is 41.3 Å². The lowest BCUT2D eigenvalue weighted by Crippen LogP contribution is -2.45. The maximum Gasteiger partial charge on any atom is 0.329 e. The summed E-state index contributed by atoms with van der Waals surface area (Å²) in [5.74, 6) is -2.01. The fourth-order valence-electron chi connectivity index (χ4n) is 3.80. The Hall–Kier alpha value is -3.04. The van der Waals surface area contributed by atoms with Crippen molar-refractivity contribution >= 4 is 27.7 Å². The smallest absolute Gasteiger partial charge is 0.329 e. The normalized spacial score (nSPS) is 12.5. The van der Waals surface area contributed by atoms with Gasteiger partial charge in [0.1, 0.15) is 6.04 Å². The Labute approximate surface area is 214 Å². The number of benzene rings is 2. The van der Waals surface area contributed by atoms with E-state index in [-0.39, 0.29) is 22.2 Å². The zero-order valence-corrected chi connectivity index (χ0v) is 22.9. The predicted octanol–water partition coefficient (Wildman–Crippen LogP) is 3.82. The highest BCUT2D eigenvalue weighted by Crippen LogP contribution is 2.18. The van der Waals surface area contributed by atoms with Crippen LogP contribution >= 0.6 is 0 Å². The Morgan fingerprint density at radius 1 is 0.944 bits per heavy atom. The molecule has 0 bridgehead atoms. The minimum Gasteiger partial charge on any atom is -0.456 e. The van der Waals surface area contributed by atoms with Crippen LogP contribution in [0.4, 0.5) is 0 Å². The van der Waals surface area contributed by atoms with E-state index in [1.807, 2.05) is 26.8 Å². The van der Waals surface area contributed by atoms with Crippen LogP contribution in [-0.4, -0.2) is 56.1 Å². The van der Waals surface area contributed by atoms with Crippen LogP contribution in [0.3, 0.4) is 0 Å². The molecule has 0 radical (unpaired) electrons. The molecule has 0 unspecified atom stereocenters. The van der Waals surface area contributed by atoms with Crippen molar-refractivity contribution in [2.75, 3.05) is 19.7 Å². The lowest BCUT2D eigenvalue weighted by Gasteiger charge is -2.21. The molecular formula is C27H36N2O6S. The van der Waals surface area contributed by atoms with Crippen LogP contribution in [0.25, 0.3) is 0 Å². The zero-order valence-electron chi connectivity index (χ0n) is 22.0. The first-order valence-corrected chi connectivity index (χ1v) is 13.5. The van der Waals surface area contributed by atoms with E-state index in [1.54, 1.807) is 33.8 Å². The van der Waals surface area contributed by atoms with E-state index in [4.69, 9.17) is 4.74 Å². The molecule has 0 aliphatic heterocycles. The highest BCUT2D eigenvalue weighted by atomic mass is 32.2. The van der Waals surface area contributed by atoms with Crippen molar-refractivity contribution in [3.8, 4) is 0 Å². The average Bonchev–Trinajstić information content (AvgIpc) is 2.83. The van der Waals surface area contributed by atoms with Crippen molar-refractivity contribution < 1.29 is 27.5 Å². The Morgan fingerprint density at radius 3 is 2.14 bits per heavy atom. The third-order valence-electron chi connectivity index (χ3n) is 6.13. The maximum absolute atomic E-state index is 12.9. The number of ketones is 1. The van der Waals surface area contributed by atoms with Crippen molar-refractivity contribution in [3.63, 3.8) is 0 Å². The molecule has 8 nitrogen and oxygen atoms in total. The third kappa shape index (κ3) is 6.79. The average molecular weight is 517 g/mol. The van der Waals surface area contributed by atoms with Gasteiger partial charge in [0.2, 0.25) is 15.8 Å². The van der Waals surface area contributed by atoms with Crippen molar-refractivity contribution in [3.05, 3.63) is 64.2 Å². The maximum atomic E-state index is 12.9. The van der Waals surface area contributed by atoms with Gasteiger partial charge in [0.05, 0.1) is 4.90 Å². The number of hydrogen-bond donors (Lipinski definition) is 1. The molecule has 0 fully saturated rings. The lowest BCUT2D eigenvalue weighted by atomic mass is 9.98. The second kappa shape index (κ2) is 12.3. The largest absolute Gasteiger partial charge is 0.456 e. The number of aryl methyl sites for hydroxylation is 3. The van der Waals surface area contributed by atoms with Gasteiger partial charge in [0.15, 0.2) is 6.61 Å². The minimum atomic E-state index is -3.75. The predicted molar refractivity (Wildman–Crippen MR) is 139 cm³/mol. The quantitative estimate of drug-likeness (QED) is 0.359. The van der Waals surface area contributed by atoms with Crippen molar-refractivity contribution in [2.45, 2.75) is 59.4 Å². The topological polar surface area (TPSA) is 110 Å². The Kier molecular flexibility index (Phi) is 9.95. The molecule has 0 saturated heterocycles. The van der Waals surface area contributed by atoms with Gasteiger partial charge in [-0.2, -0.15) is 4.31 Å². The van der Waals surface area contributed by atoms with Crippen LogP contribution in [-0.2, 0) is 19.6 Å². The summed E-state index contributed by atoms with van der Waals surface area (Å²) in [6.07, 6.45) is 0. The molecule has 1 atom stereocenters. The van der Waals surface area contributed by atoms with Crippen LogP contribution in [0.5, 0.6) is 0 Å². The minimum absolute atomic E-state index is 0.00289. The molecule has 0 aliphatic rings.